The Morgan fingerprint density at radius 3 is 1.16 bits per heavy atom. The van der Waals surface area contributed by atoms with E-state index in [0.29, 0.717) is 30.3 Å². The average Bonchev–Trinajstić information content (AvgIpc) is 3.12. The molecule has 0 saturated heterocycles. The molecule has 1 amide bonds. The Hall–Kier alpha value is -6.70. The summed E-state index contributed by atoms with van der Waals surface area (Å²) in [5, 5.41) is 31.4. The van der Waals surface area contributed by atoms with Crippen LogP contribution >= 0.6 is 0 Å². The second-order valence-electron chi connectivity index (χ2n) is 12.9. The summed E-state index contributed by atoms with van der Waals surface area (Å²) in [5.74, 6) is -4.93. The molecule has 0 spiro atoms. The summed E-state index contributed by atoms with van der Waals surface area (Å²) in [6, 6.07) is 5.80. The van der Waals surface area contributed by atoms with Crippen LogP contribution in [0.2, 0.25) is 0 Å². The number of halogens is 16. The van der Waals surface area contributed by atoms with Gasteiger partial charge in [0.1, 0.15) is 17.2 Å². The summed E-state index contributed by atoms with van der Waals surface area (Å²) in [5.41, 5.74) is -12.6. The molecule has 352 valence electrons. The van der Waals surface area contributed by atoms with Crippen LogP contribution in [0, 0.1) is 59.6 Å². The molecule has 11 nitrogen and oxygen atoms in total. The van der Waals surface area contributed by atoms with Crippen LogP contribution in [-0.4, -0.2) is 51.5 Å². The Morgan fingerprint density at radius 2 is 0.859 bits per heavy atom. The lowest BCUT2D eigenvalue weighted by Crippen LogP contribution is -2.50. The molecule has 0 aliphatic carbocycles. The number of carbonyl (C=O) groups is 2. The third kappa shape index (κ3) is 11.5. The topological polar surface area (TPSA) is 179 Å². The SMILES string of the molecule is C.Cc1cc(C(F)(C(F)(F)F)C(F)(F)F)cc(C)c1N.Cc1cc(C(F)(C(F)(F)F)C(F)(F)F)cc(C)c1NC(=O)c1cc([N+](=O)[O-])ccc1F.O=C(O)c1cc([N+](=O)[O-])ccc1F. The van der Waals surface area contributed by atoms with E-state index in [2.05, 4.69) is 5.32 Å². The number of nitro groups is 2. The zero-order valence-electron chi connectivity index (χ0n) is 31.7. The average molecular weight is 947 g/mol. The Kier molecular flexibility index (Phi) is 16.7. The van der Waals surface area contributed by atoms with E-state index < -0.39 is 103 Å². The highest BCUT2D eigenvalue weighted by molar-refractivity contribution is 6.05. The number of nitrogens with zero attached hydrogens (tertiary/aromatic N) is 2. The lowest BCUT2D eigenvalue weighted by Gasteiger charge is -2.31. The summed E-state index contributed by atoms with van der Waals surface area (Å²) in [6.07, 6.45) is -24.9. The van der Waals surface area contributed by atoms with E-state index in [4.69, 9.17) is 10.8 Å². The van der Waals surface area contributed by atoms with E-state index in [1.807, 2.05) is 0 Å². The van der Waals surface area contributed by atoms with Gasteiger partial charge >= 0.3 is 42.0 Å². The Labute approximate surface area is 348 Å². The predicted octanol–water partition coefficient (Wildman–Crippen LogP) is 12.1. The summed E-state index contributed by atoms with van der Waals surface area (Å²) >= 11 is 0. The van der Waals surface area contributed by atoms with E-state index in [1.54, 1.807) is 0 Å². The van der Waals surface area contributed by atoms with Crippen molar-refractivity contribution >= 4 is 34.6 Å². The number of aryl methyl sites for hydroxylation is 4. The first kappa shape index (κ1) is 55.3. The highest BCUT2D eigenvalue weighted by Crippen LogP contribution is 2.55. The molecule has 0 aromatic heterocycles. The maximum absolute atomic E-state index is 14.3. The minimum atomic E-state index is -6.32. The number of nitrogens with two attached hydrogens (primary N) is 1. The minimum Gasteiger partial charge on any atom is -0.478 e. The number of non-ortho nitro benzene ring substituents is 2. The maximum Gasteiger partial charge on any atom is 0.435 e. The van der Waals surface area contributed by atoms with Crippen molar-refractivity contribution in [3.8, 4) is 0 Å². The summed E-state index contributed by atoms with van der Waals surface area (Å²) in [7, 11) is 0. The van der Waals surface area contributed by atoms with E-state index in [9.17, 15) is 100 Å². The summed E-state index contributed by atoms with van der Waals surface area (Å²) < 4.78 is 208. The van der Waals surface area contributed by atoms with Crippen LogP contribution in [0.3, 0.4) is 0 Å². The largest absolute Gasteiger partial charge is 0.478 e. The quantitative estimate of drug-likeness (QED) is 0.0709. The maximum atomic E-state index is 14.3. The van der Waals surface area contributed by atoms with E-state index in [0.717, 1.165) is 32.0 Å². The molecule has 0 fully saturated rings. The van der Waals surface area contributed by atoms with Crippen molar-refractivity contribution in [1.82, 2.24) is 0 Å². The number of amides is 1. The van der Waals surface area contributed by atoms with Crippen molar-refractivity contribution < 1.29 is 94.8 Å². The number of aromatic carboxylic acids is 1. The van der Waals surface area contributed by atoms with Gasteiger partial charge in [-0.25, -0.2) is 22.4 Å². The first-order valence-corrected chi connectivity index (χ1v) is 16.4. The van der Waals surface area contributed by atoms with E-state index >= 15 is 0 Å². The summed E-state index contributed by atoms with van der Waals surface area (Å²) in [4.78, 5) is 41.9. The second kappa shape index (κ2) is 19.4. The van der Waals surface area contributed by atoms with Crippen LogP contribution in [0.4, 0.5) is 93.0 Å². The summed E-state index contributed by atoms with van der Waals surface area (Å²) in [6.45, 7) is 4.42. The van der Waals surface area contributed by atoms with Gasteiger partial charge in [0, 0.05) is 46.8 Å². The van der Waals surface area contributed by atoms with Gasteiger partial charge in [-0.1, -0.05) is 31.7 Å². The molecule has 0 bridgehead atoms. The number of alkyl halides is 14. The number of nitrogens with one attached hydrogen (secondary N) is 1. The lowest BCUT2D eigenvalue weighted by atomic mass is 9.90. The third-order valence-corrected chi connectivity index (χ3v) is 8.52. The van der Waals surface area contributed by atoms with Gasteiger partial charge in [0.25, 0.3) is 17.3 Å². The van der Waals surface area contributed by atoms with Gasteiger partial charge < -0.3 is 16.2 Å². The molecule has 64 heavy (non-hydrogen) atoms. The van der Waals surface area contributed by atoms with Gasteiger partial charge in [-0.15, -0.1) is 0 Å². The zero-order valence-corrected chi connectivity index (χ0v) is 31.7. The molecule has 0 atom stereocenters. The number of hydrogen-bond acceptors (Lipinski definition) is 7. The molecule has 0 radical (unpaired) electrons. The van der Waals surface area contributed by atoms with Crippen LogP contribution in [0.5, 0.6) is 0 Å². The van der Waals surface area contributed by atoms with E-state index in [1.165, 1.54) is 13.8 Å². The first-order valence-electron chi connectivity index (χ1n) is 16.4. The zero-order chi connectivity index (χ0) is 49.2. The fourth-order valence-electron chi connectivity index (χ4n) is 5.28. The monoisotopic (exact) mass is 946 g/mol. The standard InChI is InChI=1S/C18H12F8N2O3.C11H10F7N.C7H4FNO4.CH4/c1-8-5-10(16(20,17(21,22)23)18(24,25)26)6-9(2)14(8)27-15(29)12-7-11(28(30)31)3-4-13(12)19;1-5-3-7(4-6(2)8(5)19)9(12,10(13,14)15)11(16,17)18;8-6-2-1-4(9(12)13)3-5(6)7(10)11;/h3-7H,1-2H3,(H,27,29);3-4H,19H2,1-2H3;1-3H,(H,10,11);1H4. The number of carboxylic acid groups (broad SMARTS) is 1. The molecule has 0 aliphatic rings. The number of hydrogen-bond donors (Lipinski definition) is 3. The third-order valence-electron chi connectivity index (χ3n) is 8.52. The van der Waals surface area contributed by atoms with Crippen LogP contribution in [0.15, 0.2) is 60.7 Å². The van der Waals surface area contributed by atoms with Crippen LogP contribution in [-0.2, 0) is 11.3 Å². The van der Waals surface area contributed by atoms with Crippen molar-refractivity contribution in [2.45, 2.75) is 71.2 Å². The number of nitrogen functional groups attached to an aromatic ring is 1. The van der Waals surface area contributed by atoms with Gasteiger partial charge in [-0.05, 0) is 62.1 Å². The van der Waals surface area contributed by atoms with E-state index in [-0.39, 0.29) is 53.2 Å². The number of anilines is 2. The molecule has 0 unspecified atom stereocenters. The van der Waals surface area contributed by atoms with Gasteiger partial charge in [-0.3, -0.25) is 25.0 Å². The molecule has 27 heteroatoms. The Morgan fingerprint density at radius 1 is 0.562 bits per heavy atom. The molecule has 4 aromatic carbocycles. The van der Waals surface area contributed by atoms with Crippen molar-refractivity contribution in [2.75, 3.05) is 11.1 Å². The normalized spacial score (nSPS) is 12.1. The molecule has 0 aliphatic heterocycles. The van der Waals surface area contributed by atoms with Crippen LogP contribution < -0.4 is 11.1 Å². The molecular formula is C37H30F16N4O7. The molecular weight excluding hydrogens is 916 g/mol. The molecule has 4 N–H and O–H groups in total. The highest BCUT2D eigenvalue weighted by atomic mass is 19.4. The number of carboxylic acids is 1. The van der Waals surface area contributed by atoms with Gasteiger partial charge in [0.15, 0.2) is 0 Å². The molecule has 4 aromatic rings. The second-order valence-corrected chi connectivity index (χ2v) is 12.9. The fourth-order valence-corrected chi connectivity index (χ4v) is 5.28. The van der Waals surface area contributed by atoms with Crippen molar-refractivity contribution in [3.05, 3.63) is 137 Å². The fraction of sp³-hybridized carbons (Fsp3) is 0.297. The van der Waals surface area contributed by atoms with Gasteiger partial charge in [0.05, 0.1) is 15.4 Å². The number of benzene rings is 4. The predicted molar refractivity (Wildman–Crippen MR) is 194 cm³/mol. The number of rotatable bonds is 7. The van der Waals surface area contributed by atoms with Gasteiger partial charge in [0.2, 0.25) is 0 Å². The van der Waals surface area contributed by atoms with Crippen molar-refractivity contribution in [2.24, 2.45) is 0 Å². The first-order chi connectivity index (χ1) is 28.3. The molecule has 0 saturated carbocycles. The van der Waals surface area contributed by atoms with Crippen molar-refractivity contribution in [3.63, 3.8) is 0 Å². The molecule has 0 heterocycles. The van der Waals surface area contributed by atoms with Crippen LogP contribution in [0.25, 0.3) is 0 Å². The Balaban J connectivity index is 0.000000527. The number of carbonyl (C=O) groups excluding carboxylic acids is 1. The molecule has 4 rings (SSSR count). The van der Waals surface area contributed by atoms with Crippen molar-refractivity contribution in [1.29, 1.82) is 0 Å². The smallest absolute Gasteiger partial charge is 0.435 e. The lowest BCUT2D eigenvalue weighted by molar-refractivity contribution is -0.385. The Bertz CT molecular complexity index is 2340. The van der Waals surface area contributed by atoms with Crippen LogP contribution in [0.1, 0.15) is 61.5 Å². The minimum absolute atomic E-state index is 0. The number of nitro benzene ring substituents is 2. The highest BCUT2D eigenvalue weighted by Gasteiger charge is 2.74. The van der Waals surface area contributed by atoms with Gasteiger partial charge in [-0.2, -0.15) is 52.7 Å².